The molecule has 0 bridgehead atoms. The van der Waals surface area contributed by atoms with E-state index in [4.69, 9.17) is 21.1 Å². The molecule has 0 saturated carbocycles. The zero-order chi connectivity index (χ0) is 18.2. The summed E-state index contributed by atoms with van der Waals surface area (Å²) in [6.45, 7) is -0.130. The number of hydrogen-bond donors (Lipinski definition) is 0. The van der Waals surface area contributed by atoms with Gasteiger partial charge in [-0.3, -0.25) is 4.79 Å². The van der Waals surface area contributed by atoms with Crippen LogP contribution in [0.3, 0.4) is 0 Å². The third-order valence-corrected chi connectivity index (χ3v) is 7.47. The smallest absolute Gasteiger partial charge is 0.274 e. The fourth-order valence-corrected chi connectivity index (χ4v) is 7.12. The lowest BCUT2D eigenvalue weighted by molar-refractivity contribution is -0.121. The lowest BCUT2D eigenvalue weighted by Gasteiger charge is -2.25. The summed E-state index contributed by atoms with van der Waals surface area (Å²) in [4.78, 5) is 17.7. The first kappa shape index (κ1) is 18.5. The number of sulfone groups is 1. The van der Waals surface area contributed by atoms with E-state index in [-0.39, 0.29) is 29.4 Å². The Morgan fingerprint density at radius 2 is 2.16 bits per heavy atom. The Bertz CT molecular complexity index is 827. The van der Waals surface area contributed by atoms with Crippen LogP contribution in [0.2, 0.25) is 5.02 Å². The van der Waals surface area contributed by atoms with E-state index in [1.807, 2.05) is 0 Å². The summed E-state index contributed by atoms with van der Waals surface area (Å²) in [6, 6.07) is 4.88. The zero-order valence-electron chi connectivity index (χ0n) is 13.6. The molecule has 2 aliphatic heterocycles. The first-order chi connectivity index (χ1) is 11.8. The first-order valence-corrected chi connectivity index (χ1v) is 10.5. The van der Waals surface area contributed by atoms with Gasteiger partial charge in [0, 0.05) is 18.0 Å². The van der Waals surface area contributed by atoms with Gasteiger partial charge in [0.1, 0.15) is 12.4 Å². The predicted octanol–water partition coefficient (Wildman–Crippen LogP) is 1.60. The predicted molar refractivity (Wildman–Crippen MR) is 98.6 cm³/mol. The maximum Gasteiger partial charge on any atom is 0.274 e. The number of amidine groups is 1. The summed E-state index contributed by atoms with van der Waals surface area (Å²) in [6.07, 6.45) is 0. The second-order valence-electron chi connectivity index (χ2n) is 5.71. The summed E-state index contributed by atoms with van der Waals surface area (Å²) in [7, 11) is -0.181. The van der Waals surface area contributed by atoms with Gasteiger partial charge in [-0.2, -0.15) is 4.99 Å². The molecule has 0 aliphatic carbocycles. The molecule has 1 aromatic rings. The number of methoxy groups -OCH3 is 2. The van der Waals surface area contributed by atoms with Gasteiger partial charge in [0.25, 0.3) is 5.91 Å². The largest absolute Gasteiger partial charge is 0.495 e. The fourth-order valence-electron chi connectivity index (χ4n) is 2.93. The van der Waals surface area contributed by atoms with Crippen molar-refractivity contribution >= 4 is 50.0 Å². The van der Waals surface area contributed by atoms with Gasteiger partial charge in [0.2, 0.25) is 0 Å². The molecule has 2 fully saturated rings. The van der Waals surface area contributed by atoms with Gasteiger partial charge >= 0.3 is 0 Å². The highest BCUT2D eigenvalue weighted by Gasteiger charge is 2.49. The van der Waals surface area contributed by atoms with Gasteiger partial charge in [0.05, 0.1) is 29.7 Å². The molecule has 2 heterocycles. The number of nitrogens with zero attached hydrogens (tertiary/aromatic N) is 2. The van der Waals surface area contributed by atoms with Gasteiger partial charge in [-0.25, -0.2) is 8.42 Å². The minimum absolute atomic E-state index is 0.0196. The van der Waals surface area contributed by atoms with Crippen LogP contribution >= 0.6 is 23.4 Å². The van der Waals surface area contributed by atoms with E-state index in [1.165, 1.54) is 26.0 Å². The minimum Gasteiger partial charge on any atom is -0.495 e. The molecule has 10 heteroatoms. The number of hydrogen-bond acceptors (Lipinski definition) is 6. The standard InChI is InChI=1S/C15H17ClN2O5S2/c1-22-6-14(19)17-15-18(9-3-4-12(23-2)10(16)5-9)11-7-25(20,21)8-13(11)24-15/h3-5,11,13H,6-8H2,1-2H3/t11-,13-/m1/s1. The van der Waals surface area contributed by atoms with E-state index < -0.39 is 15.7 Å². The van der Waals surface area contributed by atoms with Crippen molar-refractivity contribution < 1.29 is 22.7 Å². The second kappa shape index (κ2) is 7.14. The van der Waals surface area contributed by atoms with Crippen LogP contribution < -0.4 is 9.64 Å². The molecule has 0 unspecified atom stereocenters. The third kappa shape index (κ3) is 3.79. The van der Waals surface area contributed by atoms with Crippen LogP contribution in [0.1, 0.15) is 0 Å². The highest BCUT2D eigenvalue weighted by atomic mass is 35.5. The van der Waals surface area contributed by atoms with Crippen LogP contribution in [-0.4, -0.2) is 63.1 Å². The number of thioether (sulfide) groups is 1. The van der Waals surface area contributed by atoms with Crippen LogP contribution in [0.5, 0.6) is 5.75 Å². The zero-order valence-corrected chi connectivity index (χ0v) is 16.0. The number of halogens is 1. The van der Waals surface area contributed by atoms with Crippen LogP contribution in [0.15, 0.2) is 23.2 Å². The lowest BCUT2D eigenvalue weighted by atomic mass is 10.2. The van der Waals surface area contributed by atoms with Crippen molar-refractivity contribution in [1.82, 2.24) is 0 Å². The van der Waals surface area contributed by atoms with Crippen molar-refractivity contribution in [2.45, 2.75) is 11.3 Å². The van der Waals surface area contributed by atoms with Crippen molar-refractivity contribution in [3.63, 3.8) is 0 Å². The van der Waals surface area contributed by atoms with Crippen LogP contribution in [0.25, 0.3) is 0 Å². The Labute approximate surface area is 155 Å². The summed E-state index contributed by atoms with van der Waals surface area (Å²) < 4.78 is 34.0. The monoisotopic (exact) mass is 404 g/mol. The number of anilines is 1. The lowest BCUT2D eigenvalue weighted by Crippen LogP contribution is -2.37. The van der Waals surface area contributed by atoms with E-state index >= 15 is 0 Å². The summed E-state index contributed by atoms with van der Waals surface area (Å²) in [5.74, 6) is 0.186. The molecule has 0 aromatic heterocycles. The molecule has 25 heavy (non-hydrogen) atoms. The first-order valence-electron chi connectivity index (χ1n) is 7.45. The van der Waals surface area contributed by atoms with Crippen molar-refractivity contribution in [2.24, 2.45) is 4.99 Å². The van der Waals surface area contributed by atoms with Crippen LogP contribution in [-0.2, 0) is 19.4 Å². The van der Waals surface area contributed by atoms with Gasteiger partial charge < -0.3 is 14.4 Å². The Kier molecular flexibility index (Phi) is 5.29. The third-order valence-electron chi connectivity index (χ3n) is 3.97. The van der Waals surface area contributed by atoms with Gasteiger partial charge in [-0.05, 0) is 18.2 Å². The Morgan fingerprint density at radius 3 is 2.80 bits per heavy atom. The Hall–Kier alpha value is -1.29. The molecule has 0 N–H and O–H groups in total. The van der Waals surface area contributed by atoms with E-state index in [1.54, 1.807) is 23.1 Å². The normalized spacial score (nSPS) is 26.0. The van der Waals surface area contributed by atoms with E-state index in [2.05, 4.69) is 4.99 Å². The van der Waals surface area contributed by atoms with Crippen molar-refractivity contribution in [1.29, 1.82) is 0 Å². The number of carbonyl (C=O) groups is 1. The number of fused-ring (bicyclic) bond motifs is 1. The number of ether oxygens (including phenoxy) is 2. The molecule has 1 aromatic carbocycles. The molecular formula is C15H17ClN2O5S2. The number of rotatable bonds is 4. The van der Waals surface area contributed by atoms with Crippen molar-refractivity contribution in [2.75, 3.05) is 37.2 Å². The number of carbonyl (C=O) groups excluding carboxylic acids is 1. The molecule has 2 aliphatic rings. The molecule has 2 saturated heterocycles. The van der Waals surface area contributed by atoms with Crippen LogP contribution in [0.4, 0.5) is 5.69 Å². The average molecular weight is 405 g/mol. The quantitative estimate of drug-likeness (QED) is 0.753. The molecule has 0 radical (unpaired) electrons. The molecule has 7 nitrogen and oxygen atoms in total. The maximum atomic E-state index is 12.0. The maximum absolute atomic E-state index is 12.0. The SMILES string of the molecule is COCC(=O)N=C1S[C@@H]2CS(=O)(=O)C[C@H]2N1c1ccc(OC)c(Cl)c1. The topological polar surface area (TPSA) is 85.3 Å². The van der Waals surface area contributed by atoms with Gasteiger partial charge in [-0.1, -0.05) is 23.4 Å². The van der Waals surface area contributed by atoms with E-state index in [0.29, 0.717) is 21.6 Å². The second-order valence-corrected chi connectivity index (χ2v) is 9.48. The number of aliphatic imine (C=N–C) groups is 1. The number of amides is 1. The van der Waals surface area contributed by atoms with Crippen molar-refractivity contribution in [3.05, 3.63) is 23.2 Å². The summed E-state index contributed by atoms with van der Waals surface area (Å²) in [5, 5.41) is 0.699. The highest BCUT2D eigenvalue weighted by Crippen LogP contribution is 2.42. The molecule has 2 atom stereocenters. The molecular weight excluding hydrogens is 388 g/mol. The minimum atomic E-state index is -3.12. The van der Waals surface area contributed by atoms with Crippen LogP contribution in [0, 0.1) is 0 Å². The Morgan fingerprint density at radius 1 is 1.40 bits per heavy atom. The summed E-state index contributed by atoms with van der Waals surface area (Å²) in [5.41, 5.74) is 0.673. The van der Waals surface area contributed by atoms with Gasteiger partial charge in [0.15, 0.2) is 15.0 Å². The summed E-state index contributed by atoms with van der Waals surface area (Å²) >= 11 is 7.51. The average Bonchev–Trinajstić information content (AvgIpc) is 2.98. The molecule has 0 spiro atoms. The fraction of sp³-hybridized carbons (Fsp3) is 0.467. The molecule has 136 valence electrons. The molecule has 1 amide bonds. The van der Waals surface area contributed by atoms with E-state index in [0.717, 1.165) is 0 Å². The Balaban J connectivity index is 2.00. The number of benzene rings is 1. The van der Waals surface area contributed by atoms with E-state index in [9.17, 15) is 13.2 Å². The molecule has 3 rings (SSSR count). The van der Waals surface area contributed by atoms with Gasteiger partial charge in [-0.15, -0.1) is 0 Å². The highest BCUT2D eigenvalue weighted by molar-refractivity contribution is 8.16. The van der Waals surface area contributed by atoms with Crippen molar-refractivity contribution in [3.8, 4) is 5.75 Å².